The van der Waals surface area contributed by atoms with Crippen molar-refractivity contribution >= 4 is 22.5 Å². The fourth-order valence-corrected chi connectivity index (χ4v) is 3.53. The third-order valence-electron chi connectivity index (χ3n) is 4.43. The van der Waals surface area contributed by atoms with Crippen molar-refractivity contribution < 1.29 is 17.7 Å². The van der Waals surface area contributed by atoms with Crippen LogP contribution < -0.4 is 4.74 Å². The average molecular weight is 398 g/mol. The summed E-state index contributed by atoms with van der Waals surface area (Å²) in [7, 11) is -4.15. The second kappa shape index (κ2) is 9.37. The van der Waals surface area contributed by atoms with Gasteiger partial charge in [0.05, 0.1) is 11.5 Å². The Morgan fingerprint density at radius 2 is 1.46 bits per heavy atom. The Labute approximate surface area is 161 Å². The van der Waals surface area contributed by atoms with E-state index in [1.54, 1.807) is 12.1 Å². The van der Waals surface area contributed by atoms with Crippen LogP contribution in [0.5, 0.6) is 5.75 Å². The SMILES string of the molecule is Cl.O=S(=O)(O)c1ccc(-c2ccc(OCCCN3CCCC3)cc2)cc1. The van der Waals surface area contributed by atoms with Gasteiger partial charge in [0.25, 0.3) is 10.1 Å². The van der Waals surface area contributed by atoms with Gasteiger partial charge < -0.3 is 9.64 Å². The molecule has 0 spiro atoms. The molecule has 3 rings (SSSR count). The van der Waals surface area contributed by atoms with E-state index in [9.17, 15) is 8.42 Å². The maximum Gasteiger partial charge on any atom is 0.294 e. The largest absolute Gasteiger partial charge is 0.494 e. The molecule has 1 aliphatic rings. The molecule has 0 unspecified atom stereocenters. The van der Waals surface area contributed by atoms with Crippen LogP contribution in [0.1, 0.15) is 19.3 Å². The van der Waals surface area contributed by atoms with E-state index in [0.717, 1.165) is 29.8 Å². The highest BCUT2D eigenvalue weighted by Crippen LogP contribution is 2.24. The first kappa shape index (κ1) is 20.7. The summed E-state index contributed by atoms with van der Waals surface area (Å²) >= 11 is 0. The van der Waals surface area contributed by atoms with Gasteiger partial charge in [0.1, 0.15) is 5.75 Å². The zero-order chi connectivity index (χ0) is 17.7. The van der Waals surface area contributed by atoms with E-state index in [1.165, 1.54) is 38.1 Å². The molecule has 1 saturated heterocycles. The van der Waals surface area contributed by atoms with Crippen LogP contribution in [0.3, 0.4) is 0 Å². The summed E-state index contributed by atoms with van der Waals surface area (Å²) < 4.78 is 36.9. The summed E-state index contributed by atoms with van der Waals surface area (Å²) in [6.07, 6.45) is 3.65. The van der Waals surface area contributed by atoms with Gasteiger partial charge in [0.2, 0.25) is 0 Å². The summed E-state index contributed by atoms with van der Waals surface area (Å²) in [5.41, 5.74) is 1.85. The number of hydrogen-bond donors (Lipinski definition) is 1. The van der Waals surface area contributed by atoms with Crippen LogP contribution in [0, 0.1) is 0 Å². The van der Waals surface area contributed by atoms with Crippen molar-refractivity contribution in [3.8, 4) is 16.9 Å². The lowest BCUT2D eigenvalue weighted by Crippen LogP contribution is -2.21. The molecule has 0 aliphatic carbocycles. The summed E-state index contributed by atoms with van der Waals surface area (Å²) in [5.74, 6) is 0.833. The van der Waals surface area contributed by atoms with Crippen LogP contribution in [-0.2, 0) is 10.1 Å². The topological polar surface area (TPSA) is 66.8 Å². The molecule has 0 aromatic heterocycles. The van der Waals surface area contributed by atoms with Crippen molar-refractivity contribution in [3.05, 3.63) is 48.5 Å². The molecule has 1 heterocycles. The van der Waals surface area contributed by atoms with E-state index in [4.69, 9.17) is 9.29 Å². The third kappa shape index (κ3) is 5.71. The summed E-state index contributed by atoms with van der Waals surface area (Å²) in [4.78, 5) is 2.37. The maximum absolute atomic E-state index is 11.1. The molecule has 2 aromatic carbocycles. The van der Waals surface area contributed by atoms with E-state index < -0.39 is 10.1 Å². The number of hydrogen-bond acceptors (Lipinski definition) is 4. The Hall–Kier alpha value is -1.60. The zero-order valence-electron chi connectivity index (χ0n) is 14.5. The molecule has 7 heteroatoms. The molecule has 0 amide bonds. The monoisotopic (exact) mass is 397 g/mol. The van der Waals surface area contributed by atoms with Crippen LogP contribution in [-0.4, -0.2) is 44.1 Å². The van der Waals surface area contributed by atoms with Gasteiger partial charge >= 0.3 is 0 Å². The molecule has 0 bridgehead atoms. The molecule has 1 N–H and O–H groups in total. The van der Waals surface area contributed by atoms with Gasteiger partial charge in [-0.25, -0.2) is 0 Å². The van der Waals surface area contributed by atoms with Gasteiger partial charge in [-0.3, -0.25) is 4.55 Å². The number of rotatable bonds is 7. The van der Waals surface area contributed by atoms with Gasteiger partial charge in [-0.2, -0.15) is 8.42 Å². The van der Waals surface area contributed by atoms with E-state index in [1.807, 2.05) is 24.3 Å². The zero-order valence-corrected chi connectivity index (χ0v) is 16.1. The molecular weight excluding hydrogens is 374 g/mol. The Morgan fingerprint density at radius 1 is 0.923 bits per heavy atom. The minimum Gasteiger partial charge on any atom is -0.494 e. The smallest absolute Gasteiger partial charge is 0.294 e. The third-order valence-corrected chi connectivity index (χ3v) is 5.29. The second-order valence-electron chi connectivity index (χ2n) is 6.27. The highest BCUT2D eigenvalue weighted by molar-refractivity contribution is 7.85. The fraction of sp³-hybridized carbons (Fsp3) is 0.368. The predicted molar refractivity (Wildman–Crippen MR) is 105 cm³/mol. The first-order valence-electron chi connectivity index (χ1n) is 8.55. The molecule has 5 nitrogen and oxygen atoms in total. The molecule has 0 atom stereocenters. The lowest BCUT2D eigenvalue weighted by Gasteiger charge is -2.14. The molecule has 1 aliphatic heterocycles. The van der Waals surface area contributed by atoms with E-state index in [2.05, 4.69) is 4.90 Å². The van der Waals surface area contributed by atoms with Gasteiger partial charge in [0.15, 0.2) is 0 Å². The Kier molecular flexibility index (Phi) is 7.46. The Morgan fingerprint density at radius 3 is 2.00 bits per heavy atom. The molecular formula is C19H24ClNO4S. The van der Waals surface area contributed by atoms with Crippen molar-refractivity contribution in [2.24, 2.45) is 0 Å². The summed E-state index contributed by atoms with van der Waals surface area (Å²) in [6.45, 7) is 4.23. The van der Waals surface area contributed by atoms with Crippen LogP contribution in [0.4, 0.5) is 0 Å². The number of likely N-dealkylation sites (tertiary alicyclic amines) is 1. The molecule has 2 aromatic rings. The van der Waals surface area contributed by atoms with E-state index >= 15 is 0 Å². The van der Waals surface area contributed by atoms with Crippen molar-refractivity contribution in [1.82, 2.24) is 4.90 Å². The number of benzene rings is 2. The predicted octanol–water partition coefficient (Wildman–Crippen LogP) is 3.89. The summed E-state index contributed by atoms with van der Waals surface area (Å²) in [5, 5.41) is 0. The summed E-state index contributed by atoms with van der Waals surface area (Å²) in [6, 6.07) is 13.9. The number of nitrogens with zero attached hydrogens (tertiary/aromatic N) is 1. The van der Waals surface area contributed by atoms with E-state index in [-0.39, 0.29) is 17.3 Å². The van der Waals surface area contributed by atoms with Gasteiger partial charge in [0, 0.05) is 6.54 Å². The van der Waals surface area contributed by atoms with Crippen LogP contribution in [0.25, 0.3) is 11.1 Å². The van der Waals surface area contributed by atoms with Crippen molar-refractivity contribution in [2.45, 2.75) is 24.2 Å². The second-order valence-corrected chi connectivity index (χ2v) is 7.70. The van der Waals surface area contributed by atoms with Crippen molar-refractivity contribution in [1.29, 1.82) is 0 Å². The maximum atomic E-state index is 11.1. The molecule has 0 saturated carbocycles. The molecule has 0 radical (unpaired) electrons. The molecule has 142 valence electrons. The average Bonchev–Trinajstić information content (AvgIpc) is 3.12. The van der Waals surface area contributed by atoms with Crippen LogP contribution in [0.2, 0.25) is 0 Å². The fourth-order valence-electron chi connectivity index (χ4n) is 3.05. The first-order valence-corrected chi connectivity index (χ1v) is 9.99. The molecule has 1 fully saturated rings. The standard InChI is InChI=1S/C19H23NO4S.ClH/c21-25(22,23)19-10-6-17(7-11-19)16-4-8-18(9-5-16)24-15-3-14-20-12-1-2-13-20;/h4-11H,1-3,12-15H2,(H,21,22,23);1H. The minimum atomic E-state index is -4.15. The van der Waals surface area contributed by atoms with Crippen molar-refractivity contribution in [3.63, 3.8) is 0 Å². The van der Waals surface area contributed by atoms with Crippen LogP contribution >= 0.6 is 12.4 Å². The highest BCUT2D eigenvalue weighted by atomic mass is 35.5. The first-order chi connectivity index (χ1) is 12.0. The number of halogens is 1. The Bertz CT molecular complexity index is 785. The normalized spacial score (nSPS) is 14.8. The van der Waals surface area contributed by atoms with Gasteiger partial charge in [-0.1, -0.05) is 24.3 Å². The lowest BCUT2D eigenvalue weighted by molar-refractivity contribution is 0.263. The molecule has 26 heavy (non-hydrogen) atoms. The Balaban J connectivity index is 0.00000243. The van der Waals surface area contributed by atoms with Gasteiger partial charge in [-0.15, -0.1) is 12.4 Å². The minimum absolute atomic E-state index is 0. The quantitative estimate of drug-likeness (QED) is 0.567. The highest BCUT2D eigenvalue weighted by Gasteiger charge is 2.11. The number of ether oxygens (including phenoxy) is 1. The van der Waals surface area contributed by atoms with Crippen molar-refractivity contribution in [2.75, 3.05) is 26.2 Å². The van der Waals surface area contributed by atoms with E-state index in [0.29, 0.717) is 6.61 Å². The van der Waals surface area contributed by atoms with Crippen LogP contribution in [0.15, 0.2) is 53.4 Å². The van der Waals surface area contributed by atoms with Gasteiger partial charge in [-0.05, 0) is 67.7 Å². The lowest BCUT2D eigenvalue weighted by atomic mass is 10.1.